The first-order valence-electron chi connectivity index (χ1n) is 7.68. The molecule has 2 amide bonds. The van der Waals surface area contributed by atoms with Gasteiger partial charge in [-0.1, -0.05) is 6.07 Å². The molecule has 1 aromatic rings. The van der Waals surface area contributed by atoms with Crippen molar-refractivity contribution in [3.05, 3.63) is 35.4 Å². The van der Waals surface area contributed by atoms with Crippen molar-refractivity contribution >= 4 is 17.8 Å². The molecule has 1 aliphatic rings. The van der Waals surface area contributed by atoms with Gasteiger partial charge in [-0.15, -0.1) is 0 Å². The van der Waals surface area contributed by atoms with E-state index in [2.05, 4.69) is 0 Å². The van der Waals surface area contributed by atoms with Crippen LogP contribution < -0.4 is 0 Å². The molecule has 7 nitrogen and oxygen atoms in total. The number of rotatable bonds is 3. The zero-order chi connectivity index (χ0) is 17.7. The van der Waals surface area contributed by atoms with E-state index in [0.29, 0.717) is 31.7 Å². The molecule has 1 aromatic carbocycles. The fourth-order valence-corrected chi connectivity index (χ4v) is 2.49. The van der Waals surface area contributed by atoms with Gasteiger partial charge in [-0.2, -0.15) is 5.26 Å². The summed E-state index contributed by atoms with van der Waals surface area (Å²) in [6.45, 7) is 4.81. The van der Waals surface area contributed by atoms with Gasteiger partial charge < -0.3 is 14.5 Å². The molecule has 7 heteroatoms. The Balaban J connectivity index is 1.93. The highest BCUT2D eigenvalue weighted by atomic mass is 16.5. The molecule has 1 heterocycles. The highest BCUT2D eigenvalue weighted by Crippen LogP contribution is 2.10. The van der Waals surface area contributed by atoms with Gasteiger partial charge in [0, 0.05) is 33.1 Å². The first-order chi connectivity index (χ1) is 11.4. The molecule has 0 bridgehead atoms. The third kappa shape index (κ3) is 4.10. The fraction of sp³-hybridized carbons (Fsp3) is 0.412. The maximum absolute atomic E-state index is 12.4. The van der Waals surface area contributed by atoms with Crippen molar-refractivity contribution in [3.8, 4) is 6.07 Å². The summed E-state index contributed by atoms with van der Waals surface area (Å²) < 4.78 is 5.21. The van der Waals surface area contributed by atoms with Crippen LogP contribution in [0.3, 0.4) is 0 Å². The number of nitrogens with zero attached hydrogens (tertiary/aromatic N) is 3. The summed E-state index contributed by atoms with van der Waals surface area (Å²) in [4.78, 5) is 39.0. The average Bonchev–Trinajstić information content (AvgIpc) is 2.61. The molecule has 24 heavy (non-hydrogen) atoms. The van der Waals surface area contributed by atoms with Gasteiger partial charge in [0.1, 0.15) is 0 Å². The van der Waals surface area contributed by atoms with E-state index in [4.69, 9.17) is 10.00 Å². The fourth-order valence-electron chi connectivity index (χ4n) is 2.49. The van der Waals surface area contributed by atoms with Crippen LogP contribution in [0, 0.1) is 11.3 Å². The van der Waals surface area contributed by atoms with E-state index in [1.807, 2.05) is 6.07 Å². The van der Waals surface area contributed by atoms with Gasteiger partial charge >= 0.3 is 5.97 Å². The summed E-state index contributed by atoms with van der Waals surface area (Å²) in [6.07, 6.45) is -0.924. The molecule has 0 radical (unpaired) electrons. The zero-order valence-corrected chi connectivity index (χ0v) is 13.7. The summed E-state index contributed by atoms with van der Waals surface area (Å²) in [7, 11) is 0. The number of ether oxygens (including phenoxy) is 1. The summed E-state index contributed by atoms with van der Waals surface area (Å²) in [5.41, 5.74) is 0.582. The number of amides is 2. The lowest BCUT2D eigenvalue weighted by Crippen LogP contribution is -2.52. The number of benzene rings is 1. The van der Waals surface area contributed by atoms with Crippen molar-refractivity contribution in [3.63, 3.8) is 0 Å². The molecule has 0 N–H and O–H groups in total. The van der Waals surface area contributed by atoms with Crippen molar-refractivity contribution in [2.24, 2.45) is 0 Å². The maximum Gasteiger partial charge on any atom is 0.338 e. The highest BCUT2D eigenvalue weighted by molar-refractivity contribution is 5.92. The monoisotopic (exact) mass is 329 g/mol. The van der Waals surface area contributed by atoms with Gasteiger partial charge in [0.05, 0.1) is 17.2 Å². The molecule has 0 aromatic heterocycles. The third-order valence-corrected chi connectivity index (χ3v) is 3.90. The van der Waals surface area contributed by atoms with Crippen molar-refractivity contribution in [2.75, 3.05) is 26.2 Å². The van der Waals surface area contributed by atoms with Crippen LogP contribution in [0.25, 0.3) is 0 Å². The minimum atomic E-state index is -0.924. The Kier molecular flexibility index (Phi) is 5.53. The number of carbonyl (C=O) groups excluding carboxylic acids is 3. The number of hydrogen-bond donors (Lipinski definition) is 0. The van der Waals surface area contributed by atoms with Gasteiger partial charge in [0.15, 0.2) is 6.10 Å². The molecule has 1 saturated heterocycles. The maximum atomic E-state index is 12.4. The van der Waals surface area contributed by atoms with E-state index in [-0.39, 0.29) is 17.4 Å². The smallest absolute Gasteiger partial charge is 0.338 e. The topological polar surface area (TPSA) is 90.7 Å². The second-order valence-corrected chi connectivity index (χ2v) is 5.57. The summed E-state index contributed by atoms with van der Waals surface area (Å²) >= 11 is 0. The van der Waals surface area contributed by atoms with Crippen molar-refractivity contribution < 1.29 is 19.1 Å². The van der Waals surface area contributed by atoms with Crippen LogP contribution in [-0.4, -0.2) is 59.9 Å². The van der Waals surface area contributed by atoms with Gasteiger partial charge in [-0.3, -0.25) is 9.59 Å². The Hall–Kier alpha value is -2.88. The Morgan fingerprint density at radius 3 is 2.38 bits per heavy atom. The molecule has 0 aliphatic carbocycles. The van der Waals surface area contributed by atoms with Gasteiger partial charge in [0.25, 0.3) is 5.91 Å². The quantitative estimate of drug-likeness (QED) is 0.765. The van der Waals surface area contributed by atoms with E-state index < -0.39 is 12.1 Å². The molecule has 0 unspecified atom stereocenters. The van der Waals surface area contributed by atoms with Crippen LogP contribution in [0.5, 0.6) is 0 Å². The number of esters is 1. The van der Waals surface area contributed by atoms with Crippen LogP contribution in [0.1, 0.15) is 29.8 Å². The molecule has 1 atom stereocenters. The van der Waals surface area contributed by atoms with E-state index in [0.717, 1.165) is 0 Å². The first-order valence-corrected chi connectivity index (χ1v) is 7.68. The summed E-state index contributed by atoms with van der Waals surface area (Å²) in [5, 5.41) is 8.85. The predicted molar refractivity (Wildman–Crippen MR) is 84.9 cm³/mol. The van der Waals surface area contributed by atoms with Gasteiger partial charge in [0.2, 0.25) is 5.91 Å². The second-order valence-electron chi connectivity index (χ2n) is 5.57. The van der Waals surface area contributed by atoms with Gasteiger partial charge in [-0.25, -0.2) is 4.79 Å². The molecule has 0 spiro atoms. The Morgan fingerprint density at radius 2 is 1.79 bits per heavy atom. The minimum absolute atomic E-state index is 0.0149. The molecule has 126 valence electrons. The molecule has 2 rings (SSSR count). The summed E-state index contributed by atoms with van der Waals surface area (Å²) in [6, 6.07) is 8.07. The van der Waals surface area contributed by atoms with Crippen LogP contribution >= 0.6 is 0 Å². The SMILES string of the molecule is CC(=O)N1CCN(C(=O)[C@@H](C)OC(=O)c2cccc(C#N)c2)CC1. The lowest BCUT2D eigenvalue weighted by atomic mass is 10.1. The van der Waals surface area contributed by atoms with E-state index in [9.17, 15) is 14.4 Å². The lowest BCUT2D eigenvalue weighted by Gasteiger charge is -2.35. The van der Waals surface area contributed by atoms with E-state index >= 15 is 0 Å². The number of piperazine rings is 1. The summed E-state index contributed by atoms with van der Waals surface area (Å²) in [5.74, 6) is -0.947. The lowest BCUT2D eigenvalue weighted by molar-refractivity contribution is -0.144. The Bertz CT molecular complexity index is 687. The van der Waals surface area contributed by atoms with Crippen molar-refractivity contribution in [1.29, 1.82) is 5.26 Å². The minimum Gasteiger partial charge on any atom is -0.449 e. The molecule has 0 saturated carbocycles. The molecular formula is C17H19N3O4. The van der Waals surface area contributed by atoms with Gasteiger partial charge in [-0.05, 0) is 25.1 Å². The number of nitriles is 1. The third-order valence-electron chi connectivity index (χ3n) is 3.90. The molecule has 1 aliphatic heterocycles. The zero-order valence-electron chi connectivity index (χ0n) is 13.7. The van der Waals surface area contributed by atoms with Crippen LogP contribution in [0.4, 0.5) is 0 Å². The largest absolute Gasteiger partial charge is 0.449 e. The van der Waals surface area contributed by atoms with Crippen LogP contribution in [0.15, 0.2) is 24.3 Å². The number of carbonyl (C=O) groups is 3. The first kappa shape index (κ1) is 17.5. The highest BCUT2D eigenvalue weighted by Gasteiger charge is 2.28. The normalized spacial score (nSPS) is 15.4. The van der Waals surface area contributed by atoms with Crippen molar-refractivity contribution in [2.45, 2.75) is 20.0 Å². The van der Waals surface area contributed by atoms with Crippen LogP contribution in [0.2, 0.25) is 0 Å². The van der Waals surface area contributed by atoms with E-state index in [1.165, 1.54) is 26.0 Å². The number of hydrogen-bond acceptors (Lipinski definition) is 5. The Morgan fingerprint density at radius 1 is 1.17 bits per heavy atom. The van der Waals surface area contributed by atoms with Crippen LogP contribution in [-0.2, 0) is 14.3 Å². The molecular weight excluding hydrogens is 310 g/mol. The van der Waals surface area contributed by atoms with E-state index in [1.54, 1.807) is 21.9 Å². The standard InChI is InChI=1S/C17H19N3O4/c1-12(16(22)20-8-6-19(7-9-20)13(2)21)24-17(23)15-5-3-4-14(10-15)11-18/h3-5,10,12H,6-9H2,1-2H3/t12-/m1/s1. The average molecular weight is 329 g/mol. The second kappa shape index (κ2) is 7.59. The van der Waals surface area contributed by atoms with Crippen molar-refractivity contribution in [1.82, 2.24) is 9.80 Å². The Labute approximate surface area is 140 Å². The predicted octanol–water partition coefficient (Wildman–Crippen LogP) is 0.794. The molecule has 1 fully saturated rings.